The number of amides is 1. The quantitative estimate of drug-likeness (QED) is 0.927. The minimum absolute atomic E-state index is 0.0225. The third-order valence-corrected chi connectivity index (χ3v) is 4.06. The summed E-state index contributed by atoms with van der Waals surface area (Å²) in [5.74, 6) is -0.0225. The molecule has 0 bridgehead atoms. The molecule has 23 heavy (non-hydrogen) atoms. The molecule has 2 aromatic rings. The lowest BCUT2D eigenvalue weighted by molar-refractivity contribution is -0.147. The molecule has 1 amide bonds. The Morgan fingerprint density at radius 3 is 2.39 bits per heavy atom. The van der Waals surface area contributed by atoms with Crippen molar-refractivity contribution in [3.05, 3.63) is 60.2 Å². The van der Waals surface area contributed by atoms with E-state index in [1.54, 1.807) is 0 Å². The molecule has 1 saturated heterocycles. The van der Waals surface area contributed by atoms with Gasteiger partial charge in [-0.05, 0) is 31.2 Å². The fraction of sp³-hybridized carbons (Fsp3) is 0.316. The van der Waals surface area contributed by atoms with Crippen molar-refractivity contribution in [2.24, 2.45) is 5.41 Å². The van der Waals surface area contributed by atoms with Gasteiger partial charge in [-0.3, -0.25) is 4.79 Å². The van der Waals surface area contributed by atoms with Gasteiger partial charge in [-0.25, -0.2) is 4.84 Å². The normalized spacial score (nSPS) is 20.4. The number of nitrogens with zero attached hydrogens (tertiary/aromatic N) is 1. The average Bonchev–Trinajstić information content (AvgIpc) is 2.53. The average molecular weight is 310 g/mol. The molecule has 0 saturated carbocycles. The predicted molar refractivity (Wildman–Crippen MR) is 92.0 cm³/mol. The van der Waals surface area contributed by atoms with E-state index in [9.17, 15) is 4.79 Å². The van der Waals surface area contributed by atoms with Gasteiger partial charge >= 0.3 is 0 Å². The molecule has 0 radical (unpaired) electrons. The van der Waals surface area contributed by atoms with Gasteiger partial charge in [-0.2, -0.15) is 5.06 Å². The van der Waals surface area contributed by atoms with Crippen LogP contribution in [-0.2, 0) is 9.63 Å². The maximum Gasteiger partial charge on any atom is 0.256 e. The second-order valence-corrected chi connectivity index (χ2v) is 6.63. The third kappa shape index (κ3) is 3.37. The van der Waals surface area contributed by atoms with Crippen molar-refractivity contribution in [1.29, 1.82) is 0 Å². The molecular weight excluding hydrogens is 288 g/mol. The van der Waals surface area contributed by atoms with Crippen molar-refractivity contribution in [1.82, 2.24) is 0 Å². The Balaban J connectivity index is 1.82. The zero-order valence-corrected chi connectivity index (χ0v) is 13.7. The van der Waals surface area contributed by atoms with Crippen LogP contribution in [0.3, 0.4) is 0 Å². The summed E-state index contributed by atoms with van der Waals surface area (Å²) in [5, 5.41) is 4.78. The fourth-order valence-electron chi connectivity index (χ4n) is 2.69. The van der Waals surface area contributed by atoms with Gasteiger partial charge in [-0.1, -0.05) is 49.7 Å². The topological polar surface area (TPSA) is 41.6 Å². The molecule has 1 unspecified atom stereocenters. The van der Waals surface area contributed by atoms with E-state index in [0.717, 1.165) is 11.4 Å². The summed E-state index contributed by atoms with van der Waals surface area (Å²) in [6.45, 7) is 5.97. The molecule has 1 N–H and O–H groups in total. The summed E-state index contributed by atoms with van der Waals surface area (Å²) in [5.41, 5.74) is 2.46. The van der Waals surface area contributed by atoms with Crippen LogP contribution in [0.25, 0.3) is 0 Å². The largest absolute Gasteiger partial charge is 0.358 e. The first-order valence-corrected chi connectivity index (χ1v) is 7.85. The van der Waals surface area contributed by atoms with Crippen LogP contribution in [0.1, 0.15) is 25.8 Å². The fourth-order valence-corrected chi connectivity index (χ4v) is 2.69. The van der Waals surface area contributed by atoms with Crippen LogP contribution in [-0.4, -0.2) is 12.1 Å². The molecule has 1 heterocycles. The number of hydroxylamine groups is 1. The zero-order chi connectivity index (χ0) is 16.4. The van der Waals surface area contributed by atoms with E-state index in [-0.39, 0.29) is 12.1 Å². The van der Waals surface area contributed by atoms with Crippen molar-refractivity contribution in [2.75, 3.05) is 10.4 Å². The lowest BCUT2D eigenvalue weighted by Crippen LogP contribution is -2.52. The maximum absolute atomic E-state index is 12.7. The van der Waals surface area contributed by atoms with Crippen molar-refractivity contribution < 1.29 is 9.63 Å². The van der Waals surface area contributed by atoms with Gasteiger partial charge in [0.25, 0.3) is 5.91 Å². The molecule has 1 aliphatic heterocycles. The summed E-state index contributed by atoms with van der Waals surface area (Å²) in [6, 6.07) is 17.6. The van der Waals surface area contributed by atoms with Crippen LogP contribution in [0.2, 0.25) is 0 Å². The lowest BCUT2D eigenvalue weighted by Gasteiger charge is -2.41. The van der Waals surface area contributed by atoms with Gasteiger partial charge in [0.2, 0.25) is 0 Å². The standard InChI is InChI=1S/C19H22N2O2/c1-14-9-11-15(12-10-14)20-17-13-19(2,3)18(22)21(23-17)16-7-5-4-6-8-16/h4-12,17,20H,13H2,1-3H3. The van der Waals surface area contributed by atoms with Gasteiger partial charge in [0.05, 0.1) is 11.1 Å². The molecule has 0 aromatic heterocycles. The van der Waals surface area contributed by atoms with Crippen LogP contribution in [0.5, 0.6) is 0 Å². The second kappa shape index (κ2) is 6.05. The summed E-state index contributed by atoms with van der Waals surface area (Å²) in [6.07, 6.45) is 0.355. The molecule has 4 nitrogen and oxygen atoms in total. The van der Waals surface area contributed by atoms with Gasteiger partial charge in [0.1, 0.15) is 0 Å². The molecular formula is C19H22N2O2. The highest BCUT2D eigenvalue weighted by molar-refractivity contribution is 5.96. The Bertz CT molecular complexity index is 680. The molecule has 2 aromatic carbocycles. The summed E-state index contributed by atoms with van der Waals surface area (Å²) in [4.78, 5) is 18.6. The molecule has 0 spiro atoms. The third-order valence-electron chi connectivity index (χ3n) is 4.06. The van der Waals surface area contributed by atoms with Crippen LogP contribution in [0, 0.1) is 12.3 Å². The molecule has 120 valence electrons. The van der Waals surface area contributed by atoms with Crippen LogP contribution >= 0.6 is 0 Å². The first-order chi connectivity index (χ1) is 11.0. The van der Waals surface area contributed by atoms with E-state index < -0.39 is 5.41 Å². The number of nitrogens with one attached hydrogen (secondary N) is 1. The van der Waals surface area contributed by atoms with Gasteiger partial charge < -0.3 is 5.32 Å². The van der Waals surface area contributed by atoms with Crippen LogP contribution < -0.4 is 10.4 Å². The number of hydrogen-bond donors (Lipinski definition) is 1. The van der Waals surface area contributed by atoms with E-state index >= 15 is 0 Å². The van der Waals surface area contributed by atoms with Crippen molar-refractivity contribution in [2.45, 2.75) is 33.4 Å². The predicted octanol–water partition coefficient (Wildman–Crippen LogP) is 4.13. The van der Waals surface area contributed by atoms with Gasteiger partial charge in [-0.15, -0.1) is 0 Å². The smallest absolute Gasteiger partial charge is 0.256 e. The highest BCUT2D eigenvalue weighted by Gasteiger charge is 2.42. The molecule has 4 heteroatoms. The SMILES string of the molecule is Cc1ccc(NC2CC(C)(C)C(=O)N(c3ccccc3)O2)cc1. The summed E-state index contributed by atoms with van der Waals surface area (Å²) < 4.78 is 0. The number of aryl methyl sites for hydroxylation is 1. The number of benzene rings is 2. The summed E-state index contributed by atoms with van der Waals surface area (Å²) in [7, 11) is 0. The van der Waals surface area contributed by atoms with Crippen molar-refractivity contribution >= 4 is 17.3 Å². The van der Waals surface area contributed by atoms with Gasteiger partial charge in [0, 0.05) is 12.1 Å². The number of anilines is 2. The molecule has 1 fully saturated rings. The minimum atomic E-state index is -0.490. The van der Waals surface area contributed by atoms with E-state index in [0.29, 0.717) is 6.42 Å². The van der Waals surface area contributed by atoms with Crippen LogP contribution in [0.15, 0.2) is 54.6 Å². The lowest BCUT2D eigenvalue weighted by atomic mass is 9.86. The first-order valence-electron chi connectivity index (χ1n) is 7.85. The van der Waals surface area contributed by atoms with Crippen molar-refractivity contribution in [3.63, 3.8) is 0 Å². The Hall–Kier alpha value is -2.33. The van der Waals surface area contributed by atoms with E-state index in [2.05, 4.69) is 24.4 Å². The number of carbonyl (C=O) groups is 1. The Labute approximate surface area is 137 Å². The number of rotatable bonds is 3. The Morgan fingerprint density at radius 1 is 1.09 bits per heavy atom. The van der Waals surface area contributed by atoms with Crippen LogP contribution in [0.4, 0.5) is 11.4 Å². The Morgan fingerprint density at radius 2 is 1.74 bits per heavy atom. The summed E-state index contributed by atoms with van der Waals surface area (Å²) >= 11 is 0. The zero-order valence-electron chi connectivity index (χ0n) is 13.7. The minimum Gasteiger partial charge on any atom is -0.358 e. The van der Waals surface area contributed by atoms with E-state index in [1.165, 1.54) is 10.6 Å². The number of para-hydroxylation sites is 1. The number of carbonyl (C=O) groups excluding carboxylic acids is 1. The first kappa shape index (κ1) is 15.6. The monoisotopic (exact) mass is 310 g/mol. The van der Waals surface area contributed by atoms with E-state index in [1.807, 2.05) is 56.3 Å². The second-order valence-electron chi connectivity index (χ2n) is 6.63. The van der Waals surface area contributed by atoms with Crippen molar-refractivity contribution in [3.8, 4) is 0 Å². The highest BCUT2D eigenvalue weighted by Crippen LogP contribution is 2.35. The van der Waals surface area contributed by atoms with Gasteiger partial charge in [0.15, 0.2) is 6.23 Å². The highest BCUT2D eigenvalue weighted by atomic mass is 16.7. The molecule has 1 aliphatic rings. The molecule has 3 rings (SSSR count). The van der Waals surface area contributed by atoms with E-state index in [4.69, 9.17) is 4.84 Å². The maximum atomic E-state index is 12.7. The molecule has 1 atom stereocenters. The molecule has 0 aliphatic carbocycles. The Kier molecular flexibility index (Phi) is 4.09. The number of hydrogen-bond acceptors (Lipinski definition) is 3.